The van der Waals surface area contributed by atoms with Gasteiger partial charge in [-0.15, -0.1) is 0 Å². The number of hydrogen-bond acceptors (Lipinski definition) is 2. The number of unbranched alkanes of at least 4 members (excludes halogenated alkanes) is 1. The first-order valence-corrected chi connectivity index (χ1v) is 7.27. The average molecular weight is 226 g/mol. The maximum Gasteiger partial charge on any atom is -0.00205 e. The number of rotatable bonds is 8. The van der Waals surface area contributed by atoms with Crippen LogP contribution in [0, 0.1) is 11.8 Å². The molecule has 0 saturated heterocycles. The van der Waals surface area contributed by atoms with Gasteiger partial charge in [-0.2, -0.15) is 0 Å². The Balaban J connectivity index is 1.98. The van der Waals surface area contributed by atoms with Gasteiger partial charge in [0, 0.05) is 0 Å². The fourth-order valence-corrected chi connectivity index (χ4v) is 2.75. The van der Waals surface area contributed by atoms with Crippen molar-refractivity contribution in [3.8, 4) is 0 Å². The second kappa shape index (κ2) is 9.00. The van der Waals surface area contributed by atoms with Gasteiger partial charge in [0.15, 0.2) is 0 Å². The Kier molecular flexibility index (Phi) is 7.87. The molecule has 2 heteroatoms. The van der Waals surface area contributed by atoms with Gasteiger partial charge in [0.05, 0.1) is 0 Å². The van der Waals surface area contributed by atoms with E-state index in [-0.39, 0.29) is 0 Å². The highest BCUT2D eigenvalue weighted by Gasteiger charge is 2.20. The van der Waals surface area contributed by atoms with E-state index in [0.29, 0.717) is 0 Å². The minimum atomic E-state index is 0.816. The summed E-state index contributed by atoms with van der Waals surface area (Å²) in [6, 6.07) is 0. The lowest BCUT2D eigenvalue weighted by atomic mass is 9.80. The Bertz CT molecular complexity index is 151. The normalized spacial score (nSPS) is 25.9. The van der Waals surface area contributed by atoms with E-state index in [0.717, 1.165) is 31.3 Å². The fraction of sp³-hybridized carbons (Fsp3) is 1.00. The molecule has 0 heterocycles. The van der Waals surface area contributed by atoms with Gasteiger partial charge in [0.2, 0.25) is 0 Å². The summed E-state index contributed by atoms with van der Waals surface area (Å²) in [7, 11) is 0. The summed E-state index contributed by atoms with van der Waals surface area (Å²) in [5.74, 6) is 1.98. The number of nitrogens with two attached hydrogens (primary N) is 1. The van der Waals surface area contributed by atoms with Crippen LogP contribution >= 0.6 is 0 Å². The van der Waals surface area contributed by atoms with Crippen LogP contribution in [0.2, 0.25) is 0 Å². The van der Waals surface area contributed by atoms with Gasteiger partial charge in [-0.1, -0.05) is 39.0 Å². The second-order valence-corrected chi connectivity index (χ2v) is 5.38. The maximum absolute atomic E-state index is 5.47. The molecule has 1 aliphatic rings. The number of hydrogen-bond donors (Lipinski definition) is 2. The van der Waals surface area contributed by atoms with Crippen molar-refractivity contribution in [2.45, 2.75) is 58.3 Å². The Hall–Kier alpha value is -0.0800. The van der Waals surface area contributed by atoms with Gasteiger partial charge < -0.3 is 11.1 Å². The summed E-state index contributed by atoms with van der Waals surface area (Å²) >= 11 is 0. The van der Waals surface area contributed by atoms with E-state index in [1.807, 2.05) is 0 Å². The van der Waals surface area contributed by atoms with E-state index >= 15 is 0 Å². The molecule has 1 fully saturated rings. The molecule has 2 nitrogen and oxygen atoms in total. The smallest absolute Gasteiger partial charge is 0.00205 e. The van der Waals surface area contributed by atoms with Gasteiger partial charge in [0.1, 0.15) is 0 Å². The lowest BCUT2D eigenvalue weighted by Crippen LogP contribution is -2.28. The lowest BCUT2D eigenvalue weighted by molar-refractivity contribution is 0.254. The average Bonchev–Trinajstić information content (AvgIpc) is 2.33. The van der Waals surface area contributed by atoms with Crippen LogP contribution in [0.5, 0.6) is 0 Å². The molecule has 0 aromatic carbocycles. The van der Waals surface area contributed by atoms with Crippen molar-refractivity contribution in [1.29, 1.82) is 0 Å². The SMILES string of the molecule is CCCCC1CCC(CNCCCN)CC1. The molecule has 96 valence electrons. The van der Waals surface area contributed by atoms with E-state index in [4.69, 9.17) is 5.73 Å². The van der Waals surface area contributed by atoms with Crippen LogP contribution < -0.4 is 11.1 Å². The summed E-state index contributed by atoms with van der Waals surface area (Å²) in [6.45, 7) is 5.44. The summed E-state index contributed by atoms with van der Waals surface area (Å²) in [6.07, 6.45) is 11.2. The van der Waals surface area contributed by atoms with Crippen LogP contribution in [0.25, 0.3) is 0 Å². The molecular formula is C14H30N2. The highest BCUT2D eigenvalue weighted by atomic mass is 14.9. The minimum absolute atomic E-state index is 0.816. The predicted molar refractivity (Wildman–Crippen MR) is 71.5 cm³/mol. The first kappa shape index (κ1) is 14.0. The van der Waals surface area contributed by atoms with E-state index in [1.165, 1.54) is 51.5 Å². The first-order chi connectivity index (χ1) is 7.86. The van der Waals surface area contributed by atoms with Crippen LogP contribution in [-0.4, -0.2) is 19.6 Å². The molecule has 1 rings (SSSR count). The van der Waals surface area contributed by atoms with E-state index in [9.17, 15) is 0 Å². The molecule has 0 atom stereocenters. The van der Waals surface area contributed by atoms with Gasteiger partial charge in [0.25, 0.3) is 0 Å². The number of nitrogens with one attached hydrogen (secondary N) is 1. The van der Waals surface area contributed by atoms with Crippen molar-refractivity contribution in [2.24, 2.45) is 17.6 Å². The monoisotopic (exact) mass is 226 g/mol. The van der Waals surface area contributed by atoms with E-state index < -0.39 is 0 Å². The van der Waals surface area contributed by atoms with Crippen molar-refractivity contribution >= 4 is 0 Å². The Morgan fingerprint density at radius 3 is 2.38 bits per heavy atom. The van der Waals surface area contributed by atoms with Gasteiger partial charge in [-0.05, 0) is 50.7 Å². The van der Waals surface area contributed by atoms with Crippen LogP contribution in [0.15, 0.2) is 0 Å². The Labute approximate surface area is 101 Å². The molecular weight excluding hydrogens is 196 g/mol. The standard InChI is InChI=1S/C14H30N2/c1-2-3-5-13-6-8-14(9-7-13)12-16-11-4-10-15/h13-14,16H,2-12,15H2,1H3. The fourth-order valence-electron chi connectivity index (χ4n) is 2.75. The topological polar surface area (TPSA) is 38.0 Å². The molecule has 0 aromatic heterocycles. The van der Waals surface area contributed by atoms with Gasteiger partial charge >= 0.3 is 0 Å². The largest absolute Gasteiger partial charge is 0.330 e. The van der Waals surface area contributed by atoms with Crippen LogP contribution in [-0.2, 0) is 0 Å². The predicted octanol–water partition coefficient (Wildman–Crippen LogP) is 2.92. The highest BCUT2D eigenvalue weighted by molar-refractivity contribution is 4.74. The molecule has 0 radical (unpaired) electrons. The Morgan fingerprint density at radius 1 is 1.06 bits per heavy atom. The zero-order chi connectivity index (χ0) is 11.6. The maximum atomic E-state index is 5.47. The second-order valence-electron chi connectivity index (χ2n) is 5.38. The molecule has 1 saturated carbocycles. The third-order valence-electron chi connectivity index (χ3n) is 3.92. The molecule has 0 amide bonds. The van der Waals surface area contributed by atoms with Gasteiger partial charge in [-0.25, -0.2) is 0 Å². The van der Waals surface area contributed by atoms with Crippen LogP contribution in [0.3, 0.4) is 0 Å². The highest BCUT2D eigenvalue weighted by Crippen LogP contribution is 2.31. The molecule has 1 aliphatic carbocycles. The quantitative estimate of drug-likeness (QED) is 0.625. The molecule has 0 bridgehead atoms. The van der Waals surface area contributed by atoms with Crippen molar-refractivity contribution in [3.63, 3.8) is 0 Å². The third-order valence-corrected chi connectivity index (χ3v) is 3.92. The van der Waals surface area contributed by atoms with Crippen LogP contribution in [0.1, 0.15) is 58.3 Å². The van der Waals surface area contributed by atoms with Gasteiger partial charge in [-0.3, -0.25) is 0 Å². The third kappa shape index (κ3) is 5.86. The minimum Gasteiger partial charge on any atom is -0.330 e. The van der Waals surface area contributed by atoms with Crippen molar-refractivity contribution in [1.82, 2.24) is 5.32 Å². The lowest BCUT2D eigenvalue weighted by Gasteiger charge is -2.28. The summed E-state index contributed by atoms with van der Waals surface area (Å²) in [5.41, 5.74) is 5.47. The zero-order valence-electron chi connectivity index (χ0n) is 11.0. The van der Waals surface area contributed by atoms with Crippen molar-refractivity contribution < 1.29 is 0 Å². The molecule has 3 N–H and O–H groups in total. The summed E-state index contributed by atoms with van der Waals surface area (Å²) < 4.78 is 0. The molecule has 16 heavy (non-hydrogen) atoms. The molecule has 0 aromatic rings. The summed E-state index contributed by atoms with van der Waals surface area (Å²) in [5, 5.41) is 3.53. The van der Waals surface area contributed by atoms with Crippen molar-refractivity contribution in [2.75, 3.05) is 19.6 Å². The zero-order valence-corrected chi connectivity index (χ0v) is 11.0. The molecule has 0 unspecified atom stereocenters. The van der Waals surface area contributed by atoms with E-state index in [1.54, 1.807) is 0 Å². The van der Waals surface area contributed by atoms with Crippen LogP contribution in [0.4, 0.5) is 0 Å². The summed E-state index contributed by atoms with van der Waals surface area (Å²) in [4.78, 5) is 0. The van der Waals surface area contributed by atoms with E-state index in [2.05, 4.69) is 12.2 Å². The first-order valence-electron chi connectivity index (χ1n) is 7.27. The molecule has 0 spiro atoms. The van der Waals surface area contributed by atoms with Crippen molar-refractivity contribution in [3.05, 3.63) is 0 Å². The Morgan fingerprint density at radius 2 is 1.75 bits per heavy atom. The molecule has 0 aliphatic heterocycles.